The summed E-state index contributed by atoms with van der Waals surface area (Å²) in [5, 5.41) is 38.4. The zero-order valence-corrected chi connectivity index (χ0v) is 11.8. The lowest BCUT2D eigenvalue weighted by Crippen LogP contribution is -2.60. The van der Waals surface area contributed by atoms with Crippen LogP contribution in [0.2, 0.25) is 0 Å². The van der Waals surface area contributed by atoms with Crippen LogP contribution in [0, 0.1) is 0 Å². The normalized spacial score (nSPS) is 31.6. The molecule has 2 rings (SSSR count). The molecule has 0 aromatic heterocycles. The lowest BCUT2D eigenvalue weighted by Gasteiger charge is -2.39. The summed E-state index contributed by atoms with van der Waals surface area (Å²) < 4.78 is 15.3. The Balaban J connectivity index is 2.21. The molecule has 1 aliphatic rings. The molecular formula is C14H18O8. The second-order valence-corrected chi connectivity index (χ2v) is 4.80. The van der Waals surface area contributed by atoms with Crippen LogP contribution in [0.1, 0.15) is 10.4 Å². The molecule has 0 amide bonds. The quantitative estimate of drug-likeness (QED) is 0.503. The Hall–Kier alpha value is -1.71. The first kappa shape index (κ1) is 16.7. The van der Waals surface area contributed by atoms with Crippen LogP contribution in [-0.4, -0.2) is 70.8 Å². The van der Waals surface area contributed by atoms with Gasteiger partial charge < -0.3 is 34.6 Å². The minimum Gasteiger partial charge on any atom is -0.465 e. The van der Waals surface area contributed by atoms with Gasteiger partial charge in [-0.1, -0.05) is 12.1 Å². The van der Waals surface area contributed by atoms with Gasteiger partial charge in [0.15, 0.2) is 0 Å². The third-order valence-corrected chi connectivity index (χ3v) is 3.38. The third-order valence-electron chi connectivity index (χ3n) is 3.38. The van der Waals surface area contributed by atoms with Crippen LogP contribution in [0.15, 0.2) is 24.3 Å². The van der Waals surface area contributed by atoms with E-state index in [1.807, 2.05) is 0 Å². The zero-order valence-electron chi connectivity index (χ0n) is 11.8. The van der Waals surface area contributed by atoms with Crippen molar-refractivity contribution in [3.05, 3.63) is 29.8 Å². The fourth-order valence-electron chi connectivity index (χ4n) is 2.14. The molecule has 122 valence electrons. The molecule has 1 fully saturated rings. The summed E-state index contributed by atoms with van der Waals surface area (Å²) in [4.78, 5) is 11.7. The van der Waals surface area contributed by atoms with E-state index in [1.54, 1.807) is 12.1 Å². The molecule has 1 aromatic rings. The van der Waals surface area contributed by atoms with Gasteiger partial charge >= 0.3 is 5.97 Å². The number of carbonyl (C=O) groups excluding carboxylic acids is 1. The van der Waals surface area contributed by atoms with E-state index in [1.165, 1.54) is 19.2 Å². The van der Waals surface area contributed by atoms with Gasteiger partial charge in [0.1, 0.15) is 35.7 Å². The number of aliphatic hydroxyl groups excluding tert-OH is 4. The van der Waals surface area contributed by atoms with Crippen LogP contribution in [-0.2, 0) is 9.47 Å². The van der Waals surface area contributed by atoms with Gasteiger partial charge in [-0.3, -0.25) is 0 Å². The fraction of sp³-hybridized carbons (Fsp3) is 0.500. The average molecular weight is 314 g/mol. The van der Waals surface area contributed by atoms with Gasteiger partial charge in [-0.25, -0.2) is 4.79 Å². The van der Waals surface area contributed by atoms with Crippen molar-refractivity contribution in [1.29, 1.82) is 0 Å². The molecular weight excluding hydrogens is 296 g/mol. The number of carbonyl (C=O) groups is 1. The van der Waals surface area contributed by atoms with Crippen molar-refractivity contribution in [2.75, 3.05) is 13.7 Å². The van der Waals surface area contributed by atoms with Gasteiger partial charge in [0.25, 0.3) is 0 Å². The lowest BCUT2D eigenvalue weighted by atomic mass is 9.99. The highest BCUT2D eigenvalue weighted by atomic mass is 16.7. The summed E-state index contributed by atoms with van der Waals surface area (Å²) in [6, 6.07) is 6.14. The van der Waals surface area contributed by atoms with Crippen LogP contribution in [0.3, 0.4) is 0 Å². The molecule has 0 unspecified atom stereocenters. The molecule has 8 heteroatoms. The monoisotopic (exact) mass is 314 g/mol. The number of para-hydroxylation sites is 1. The molecule has 1 saturated heterocycles. The maximum atomic E-state index is 11.7. The minimum absolute atomic E-state index is 0.0821. The highest BCUT2D eigenvalue weighted by Crippen LogP contribution is 2.26. The molecule has 0 bridgehead atoms. The van der Waals surface area contributed by atoms with Gasteiger partial charge in [0, 0.05) is 0 Å². The van der Waals surface area contributed by atoms with E-state index in [0.29, 0.717) is 0 Å². The summed E-state index contributed by atoms with van der Waals surface area (Å²) in [6.45, 7) is -0.566. The van der Waals surface area contributed by atoms with Gasteiger partial charge in [0.2, 0.25) is 6.29 Å². The van der Waals surface area contributed by atoms with Gasteiger partial charge in [0.05, 0.1) is 13.7 Å². The van der Waals surface area contributed by atoms with E-state index in [4.69, 9.17) is 14.6 Å². The Morgan fingerprint density at radius 2 is 1.86 bits per heavy atom. The second-order valence-electron chi connectivity index (χ2n) is 4.80. The standard InChI is InChI=1S/C14H18O8/c1-20-13(19)7-4-2-3-5-8(7)21-14-12(18)11(17)10(16)9(6-15)22-14/h2-5,9-12,14-18H,6H2,1H3/t9-,10+,11-,12-,14-/m0/s1. The molecule has 1 aliphatic heterocycles. The van der Waals surface area contributed by atoms with Crippen molar-refractivity contribution in [1.82, 2.24) is 0 Å². The van der Waals surface area contributed by atoms with Crippen LogP contribution < -0.4 is 4.74 Å². The van der Waals surface area contributed by atoms with E-state index in [9.17, 15) is 20.1 Å². The molecule has 1 heterocycles. The van der Waals surface area contributed by atoms with Crippen molar-refractivity contribution in [2.45, 2.75) is 30.7 Å². The van der Waals surface area contributed by atoms with Crippen LogP contribution in [0.5, 0.6) is 5.75 Å². The molecule has 0 spiro atoms. The molecule has 0 radical (unpaired) electrons. The molecule has 8 nitrogen and oxygen atoms in total. The zero-order chi connectivity index (χ0) is 16.3. The van der Waals surface area contributed by atoms with Crippen LogP contribution >= 0.6 is 0 Å². The predicted molar refractivity (Wildman–Crippen MR) is 72.2 cm³/mol. The molecule has 4 N–H and O–H groups in total. The van der Waals surface area contributed by atoms with Crippen molar-refractivity contribution in [3.8, 4) is 5.75 Å². The Bertz CT molecular complexity index is 517. The topological polar surface area (TPSA) is 126 Å². The van der Waals surface area contributed by atoms with Gasteiger partial charge in [-0.2, -0.15) is 0 Å². The first-order chi connectivity index (χ1) is 10.5. The van der Waals surface area contributed by atoms with Crippen molar-refractivity contribution < 1.29 is 39.4 Å². The van der Waals surface area contributed by atoms with E-state index < -0.39 is 43.3 Å². The molecule has 0 aliphatic carbocycles. The average Bonchev–Trinajstić information content (AvgIpc) is 2.55. The number of aliphatic hydroxyl groups is 4. The first-order valence-electron chi connectivity index (χ1n) is 6.64. The Morgan fingerprint density at radius 1 is 1.18 bits per heavy atom. The molecule has 5 atom stereocenters. The summed E-state index contributed by atoms with van der Waals surface area (Å²) in [6.07, 6.45) is -7.03. The summed E-state index contributed by atoms with van der Waals surface area (Å²) >= 11 is 0. The summed E-state index contributed by atoms with van der Waals surface area (Å²) in [7, 11) is 1.22. The van der Waals surface area contributed by atoms with Crippen molar-refractivity contribution >= 4 is 5.97 Å². The summed E-state index contributed by atoms with van der Waals surface area (Å²) in [5.41, 5.74) is 0.113. The molecule has 22 heavy (non-hydrogen) atoms. The maximum Gasteiger partial charge on any atom is 0.341 e. The highest BCUT2D eigenvalue weighted by molar-refractivity contribution is 5.92. The van der Waals surface area contributed by atoms with E-state index >= 15 is 0 Å². The number of rotatable bonds is 4. The SMILES string of the molecule is COC(=O)c1ccccc1O[C@H]1O[C@@H](CO)[C@@H](O)[C@H](O)[C@@H]1O. The van der Waals surface area contributed by atoms with Gasteiger partial charge in [-0.05, 0) is 12.1 Å². The Labute approximate surface area is 126 Å². The summed E-state index contributed by atoms with van der Waals surface area (Å²) in [5.74, 6) is -0.557. The lowest BCUT2D eigenvalue weighted by molar-refractivity contribution is -0.277. The smallest absolute Gasteiger partial charge is 0.341 e. The van der Waals surface area contributed by atoms with Crippen molar-refractivity contribution in [2.24, 2.45) is 0 Å². The largest absolute Gasteiger partial charge is 0.465 e. The Kier molecular flexibility index (Phi) is 5.33. The van der Waals surface area contributed by atoms with Crippen LogP contribution in [0.4, 0.5) is 0 Å². The van der Waals surface area contributed by atoms with E-state index in [-0.39, 0.29) is 11.3 Å². The number of ether oxygens (including phenoxy) is 3. The second kappa shape index (κ2) is 7.03. The van der Waals surface area contributed by atoms with E-state index in [2.05, 4.69) is 4.74 Å². The molecule has 0 saturated carbocycles. The first-order valence-corrected chi connectivity index (χ1v) is 6.64. The predicted octanol–water partition coefficient (Wildman–Crippen LogP) is -1.35. The number of hydrogen-bond acceptors (Lipinski definition) is 8. The van der Waals surface area contributed by atoms with Crippen LogP contribution in [0.25, 0.3) is 0 Å². The van der Waals surface area contributed by atoms with E-state index in [0.717, 1.165) is 0 Å². The molecule has 1 aromatic carbocycles. The van der Waals surface area contributed by atoms with Gasteiger partial charge in [-0.15, -0.1) is 0 Å². The van der Waals surface area contributed by atoms with Crippen molar-refractivity contribution in [3.63, 3.8) is 0 Å². The fourth-order valence-corrected chi connectivity index (χ4v) is 2.14. The third kappa shape index (κ3) is 3.21. The highest BCUT2D eigenvalue weighted by Gasteiger charge is 2.44. The number of hydrogen-bond donors (Lipinski definition) is 4. The minimum atomic E-state index is -1.55. The number of esters is 1. The number of methoxy groups -OCH3 is 1. The Morgan fingerprint density at radius 3 is 2.50 bits per heavy atom. The number of benzene rings is 1. The maximum absolute atomic E-state index is 11.7.